The Morgan fingerprint density at radius 3 is 2.32 bits per heavy atom. The van der Waals surface area contributed by atoms with Crippen LogP contribution in [0.15, 0.2) is 55.6 Å². The molecule has 0 aliphatic carbocycles. The van der Waals surface area contributed by atoms with Gasteiger partial charge in [0.1, 0.15) is 11.6 Å². The molecule has 2 bridgehead atoms. The van der Waals surface area contributed by atoms with Gasteiger partial charge in [-0.25, -0.2) is 0 Å². The van der Waals surface area contributed by atoms with Crippen molar-refractivity contribution < 1.29 is 24.2 Å². The molecule has 1 N–H and O–H groups in total. The van der Waals surface area contributed by atoms with Crippen LogP contribution in [0.5, 0.6) is 0 Å². The Kier molecular flexibility index (Phi) is 8.59. The van der Waals surface area contributed by atoms with Gasteiger partial charge in [-0.1, -0.05) is 51.1 Å². The van der Waals surface area contributed by atoms with Gasteiger partial charge < -0.3 is 24.5 Å². The lowest BCUT2D eigenvalue weighted by molar-refractivity contribution is -0.155. The smallest absolute Gasteiger partial charge is 0.249 e. The van der Waals surface area contributed by atoms with E-state index in [9.17, 15) is 19.5 Å². The number of rotatable bonds is 11. The van der Waals surface area contributed by atoms with Gasteiger partial charge in [0.25, 0.3) is 0 Å². The van der Waals surface area contributed by atoms with Crippen molar-refractivity contribution in [2.75, 3.05) is 24.6 Å². The van der Waals surface area contributed by atoms with Crippen molar-refractivity contribution in [1.29, 1.82) is 0 Å². The number of anilines is 1. The minimum absolute atomic E-state index is 0.0561. The summed E-state index contributed by atoms with van der Waals surface area (Å²) in [4.78, 5) is 48.3. The number of amides is 3. The van der Waals surface area contributed by atoms with Crippen LogP contribution in [0.4, 0.5) is 5.69 Å². The monoisotopic (exact) mass is 565 g/mol. The van der Waals surface area contributed by atoms with E-state index in [2.05, 4.69) is 33.9 Å². The highest BCUT2D eigenvalue weighted by molar-refractivity contribution is 6.03. The van der Waals surface area contributed by atoms with E-state index < -0.39 is 41.2 Å². The molecule has 3 aliphatic rings. The average molecular weight is 566 g/mol. The van der Waals surface area contributed by atoms with Gasteiger partial charge in [0.15, 0.2) is 0 Å². The number of benzene rings is 1. The van der Waals surface area contributed by atoms with Crippen molar-refractivity contribution >= 4 is 23.4 Å². The number of likely N-dealkylation sites (tertiary alicyclic amines) is 1. The van der Waals surface area contributed by atoms with Crippen molar-refractivity contribution in [3.8, 4) is 0 Å². The van der Waals surface area contributed by atoms with Gasteiger partial charge in [0.2, 0.25) is 17.7 Å². The first-order chi connectivity index (χ1) is 19.2. The maximum Gasteiger partial charge on any atom is 0.249 e. The summed E-state index contributed by atoms with van der Waals surface area (Å²) in [5.74, 6) is -2.29. The summed E-state index contributed by atoms with van der Waals surface area (Å²) >= 11 is 0. The zero-order chi connectivity index (χ0) is 30.3. The summed E-state index contributed by atoms with van der Waals surface area (Å²) in [6.45, 7) is 20.3. The molecule has 0 saturated carbocycles. The number of fused-ring (bicyclic) bond motifs is 1. The van der Waals surface area contributed by atoms with E-state index in [1.165, 1.54) is 4.90 Å². The van der Waals surface area contributed by atoms with E-state index in [0.717, 1.165) is 6.42 Å². The third-order valence-electron chi connectivity index (χ3n) is 8.91. The second-order valence-corrected chi connectivity index (χ2v) is 13.7. The zero-order valence-electron chi connectivity index (χ0n) is 25.5. The number of hydrogen-bond donors (Lipinski definition) is 1. The number of ether oxygens (including phenoxy) is 1. The first-order valence-corrected chi connectivity index (χ1v) is 14.7. The second-order valence-electron chi connectivity index (χ2n) is 13.7. The number of carbonyl (C=O) groups excluding carboxylic acids is 3. The molecule has 41 heavy (non-hydrogen) atoms. The lowest BCUT2D eigenvalue weighted by Crippen LogP contribution is -2.62. The van der Waals surface area contributed by atoms with Gasteiger partial charge >= 0.3 is 0 Å². The summed E-state index contributed by atoms with van der Waals surface area (Å²) in [5.41, 5.74) is -1.03. The average Bonchev–Trinajstić information content (AvgIpc) is 3.55. The van der Waals surface area contributed by atoms with Crippen LogP contribution < -0.4 is 4.90 Å². The summed E-state index contributed by atoms with van der Waals surface area (Å²) < 4.78 is 6.66. The van der Waals surface area contributed by atoms with E-state index in [0.29, 0.717) is 25.1 Å². The van der Waals surface area contributed by atoms with Crippen molar-refractivity contribution in [2.24, 2.45) is 17.3 Å². The van der Waals surface area contributed by atoms with Gasteiger partial charge in [0.05, 0.1) is 30.6 Å². The van der Waals surface area contributed by atoms with Gasteiger partial charge in [-0.15, -0.1) is 13.2 Å². The van der Waals surface area contributed by atoms with E-state index >= 15 is 0 Å². The molecule has 2 unspecified atom stereocenters. The summed E-state index contributed by atoms with van der Waals surface area (Å²) in [6, 6.07) is 7.77. The number of nitrogens with zero attached hydrogens (tertiary/aromatic N) is 3. The lowest BCUT2D eigenvalue weighted by Gasteiger charge is -2.46. The molecule has 3 heterocycles. The fourth-order valence-corrected chi connectivity index (χ4v) is 7.76. The van der Waals surface area contributed by atoms with E-state index in [1.807, 2.05) is 44.2 Å². The number of aliphatic hydroxyl groups excluding tert-OH is 1. The van der Waals surface area contributed by atoms with Crippen LogP contribution in [0.2, 0.25) is 0 Å². The van der Waals surface area contributed by atoms with Crippen LogP contribution in [0.3, 0.4) is 0 Å². The van der Waals surface area contributed by atoms with E-state index in [1.54, 1.807) is 28.9 Å². The molecule has 224 valence electrons. The normalized spacial score (nSPS) is 27.9. The minimum Gasteiger partial charge on any atom is -0.394 e. The molecule has 0 radical (unpaired) electrons. The topological polar surface area (TPSA) is 90.4 Å². The van der Waals surface area contributed by atoms with Crippen molar-refractivity contribution in [1.82, 2.24) is 9.80 Å². The van der Waals surface area contributed by atoms with Crippen LogP contribution in [0, 0.1) is 17.3 Å². The fraction of sp³-hybridized carbons (Fsp3) is 0.606. The van der Waals surface area contributed by atoms with Gasteiger partial charge in [-0.3, -0.25) is 14.4 Å². The Hall–Kier alpha value is -2.97. The molecular formula is C33H47N3O5. The van der Waals surface area contributed by atoms with E-state index in [-0.39, 0.29) is 36.3 Å². The molecule has 1 aromatic rings. The lowest BCUT2D eigenvalue weighted by atomic mass is 9.70. The molecule has 0 aromatic heterocycles. The number of hydrogen-bond acceptors (Lipinski definition) is 5. The number of aliphatic hydroxyl groups is 1. The quantitative estimate of drug-likeness (QED) is 0.407. The second kappa shape index (κ2) is 11.4. The molecular weight excluding hydrogens is 518 g/mol. The highest BCUT2D eigenvalue weighted by Crippen LogP contribution is 2.59. The third-order valence-corrected chi connectivity index (χ3v) is 8.91. The molecule has 1 aromatic carbocycles. The van der Waals surface area contributed by atoms with Crippen LogP contribution in [0.25, 0.3) is 0 Å². The Labute approximate surface area is 245 Å². The predicted molar refractivity (Wildman–Crippen MR) is 160 cm³/mol. The molecule has 3 saturated heterocycles. The summed E-state index contributed by atoms with van der Waals surface area (Å²) in [7, 11) is 0. The molecule has 3 aliphatic heterocycles. The Balaban J connectivity index is 1.78. The summed E-state index contributed by atoms with van der Waals surface area (Å²) in [5, 5.41) is 10.2. The third kappa shape index (κ3) is 5.37. The summed E-state index contributed by atoms with van der Waals surface area (Å²) in [6.07, 6.45) is 4.71. The van der Waals surface area contributed by atoms with Crippen molar-refractivity contribution in [3.63, 3.8) is 0 Å². The van der Waals surface area contributed by atoms with Crippen molar-refractivity contribution in [2.45, 2.75) is 90.1 Å². The van der Waals surface area contributed by atoms with Crippen LogP contribution >= 0.6 is 0 Å². The first kappa shape index (κ1) is 31.0. The Bertz CT molecular complexity index is 1180. The van der Waals surface area contributed by atoms with Crippen molar-refractivity contribution in [3.05, 3.63) is 55.6 Å². The molecule has 6 atom stereocenters. The first-order valence-electron chi connectivity index (χ1n) is 14.7. The van der Waals surface area contributed by atoms with Gasteiger partial charge in [-0.2, -0.15) is 0 Å². The molecule has 8 nitrogen and oxygen atoms in total. The largest absolute Gasteiger partial charge is 0.394 e. The number of para-hydroxylation sites is 1. The SMILES string of the molecule is C=CCN(C(=O)[C@@H]1[C@H]2C(=O)N([C@H](C)CO)C(C(=O)N(CC=C)C(C)(C)CC(C)(C)C)C23CC[C@H]1O3)c1ccccc1. The molecule has 8 heteroatoms. The fourth-order valence-electron chi connectivity index (χ4n) is 7.76. The molecule has 3 amide bonds. The highest BCUT2D eigenvalue weighted by atomic mass is 16.5. The Morgan fingerprint density at radius 1 is 1.12 bits per heavy atom. The van der Waals surface area contributed by atoms with Gasteiger partial charge in [0, 0.05) is 24.3 Å². The minimum atomic E-state index is -1.14. The highest BCUT2D eigenvalue weighted by Gasteiger charge is 2.75. The standard InChI is InChI=1S/C33H47N3O5/c1-9-18-34(23-14-12-11-13-15-23)28(38)25-24-16-17-33(41-24)26(25)29(39)36(22(3)20-37)27(33)30(40)35(19-10-2)32(7,8)21-31(4,5)6/h9-15,22,24-27,37H,1-2,16-21H2,3-8H3/t22-,24-,25+,26+,27?,33?/m1/s1. The molecule has 4 rings (SSSR count). The molecule has 1 spiro atoms. The zero-order valence-corrected chi connectivity index (χ0v) is 25.5. The van der Waals surface area contributed by atoms with Crippen LogP contribution in [-0.4, -0.2) is 81.7 Å². The predicted octanol–water partition coefficient (Wildman–Crippen LogP) is 4.19. The Morgan fingerprint density at radius 2 is 1.76 bits per heavy atom. The van der Waals surface area contributed by atoms with Crippen LogP contribution in [-0.2, 0) is 19.1 Å². The molecule has 3 fully saturated rings. The number of carbonyl (C=O) groups is 3. The maximum absolute atomic E-state index is 14.7. The maximum atomic E-state index is 14.7. The van der Waals surface area contributed by atoms with Crippen LogP contribution in [0.1, 0.15) is 60.8 Å². The van der Waals surface area contributed by atoms with E-state index in [4.69, 9.17) is 4.74 Å². The van der Waals surface area contributed by atoms with Gasteiger partial charge in [-0.05, 0) is 57.6 Å².